The van der Waals surface area contributed by atoms with Gasteiger partial charge in [0.05, 0.1) is 4.88 Å². The fourth-order valence-corrected chi connectivity index (χ4v) is 4.92. The number of amides is 1. The molecule has 4 heteroatoms. The summed E-state index contributed by atoms with van der Waals surface area (Å²) in [6, 6.07) is 2.81. The zero-order chi connectivity index (χ0) is 14.9. The first-order chi connectivity index (χ1) is 10.8. The van der Waals surface area contributed by atoms with Crippen molar-refractivity contribution in [3.63, 3.8) is 0 Å². The summed E-state index contributed by atoms with van der Waals surface area (Å²) >= 11 is 1.75. The normalized spacial score (nSPS) is 22.6. The Morgan fingerprint density at radius 2 is 1.95 bits per heavy atom. The zero-order valence-electron chi connectivity index (χ0n) is 13.3. The largest absolute Gasteiger partial charge is 0.338 e. The van der Waals surface area contributed by atoms with Crippen molar-refractivity contribution in [1.29, 1.82) is 0 Å². The number of likely N-dealkylation sites (tertiary alicyclic amines) is 1. The summed E-state index contributed by atoms with van der Waals surface area (Å²) in [4.78, 5) is 17.2. The summed E-state index contributed by atoms with van der Waals surface area (Å²) in [7, 11) is 0. The highest BCUT2D eigenvalue weighted by atomic mass is 32.1. The molecular formula is C18H26N2OS. The van der Waals surface area contributed by atoms with Crippen molar-refractivity contribution < 1.29 is 4.79 Å². The molecule has 0 unspecified atom stereocenters. The van der Waals surface area contributed by atoms with E-state index in [0.29, 0.717) is 6.04 Å². The Morgan fingerprint density at radius 3 is 2.68 bits per heavy atom. The predicted octanol–water partition coefficient (Wildman–Crippen LogP) is 3.23. The Labute approximate surface area is 137 Å². The summed E-state index contributed by atoms with van der Waals surface area (Å²) in [6.07, 6.45) is 9.98. The molecule has 0 atom stereocenters. The third-order valence-corrected chi connectivity index (χ3v) is 6.61. The van der Waals surface area contributed by atoms with E-state index in [1.807, 2.05) is 0 Å². The quantitative estimate of drug-likeness (QED) is 0.924. The summed E-state index contributed by atoms with van der Waals surface area (Å²) in [5.74, 6) is 1.22. The number of nitrogens with zero attached hydrogens (tertiary/aromatic N) is 1. The smallest absolute Gasteiger partial charge is 0.263 e. The second-order valence-electron chi connectivity index (χ2n) is 7.18. The Kier molecular flexibility index (Phi) is 4.23. The van der Waals surface area contributed by atoms with Gasteiger partial charge in [-0.15, -0.1) is 11.3 Å². The second kappa shape index (κ2) is 6.32. The summed E-state index contributed by atoms with van der Waals surface area (Å²) in [5.41, 5.74) is 1.44. The van der Waals surface area contributed by atoms with E-state index in [-0.39, 0.29) is 5.91 Å². The van der Waals surface area contributed by atoms with Gasteiger partial charge in [0, 0.05) is 24.0 Å². The van der Waals surface area contributed by atoms with Crippen LogP contribution in [0.5, 0.6) is 0 Å². The van der Waals surface area contributed by atoms with E-state index in [4.69, 9.17) is 0 Å². The first kappa shape index (κ1) is 14.7. The minimum absolute atomic E-state index is 0.278. The van der Waals surface area contributed by atoms with Gasteiger partial charge in [-0.25, -0.2) is 0 Å². The van der Waals surface area contributed by atoms with Crippen molar-refractivity contribution in [3.8, 4) is 0 Å². The highest BCUT2D eigenvalue weighted by molar-refractivity contribution is 7.14. The van der Waals surface area contributed by atoms with Crippen molar-refractivity contribution in [2.75, 3.05) is 19.6 Å². The number of rotatable bonds is 4. The van der Waals surface area contributed by atoms with Gasteiger partial charge in [-0.3, -0.25) is 4.79 Å². The molecule has 1 N–H and O–H groups in total. The minimum atomic E-state index is 0.278. The van der Waals surface area contributed by atoms with Gasteiger partial charge in [0.2, 0.25) is 0 Å². The third kappa shape index (κ3) is 3.23. The van der Waals surface area contributed by atoms with E-state index in [0.717, 1.165) is 36.7 Å². The molecule has 3 nitrogen and oxygen atoms in total. The fourth-order valence-electron chi connectivity index (χ4n) is 3.69. The van der Waals surface area contributed by atoms with Crippen LogP contribution in [-0.4, -0.2) is 36.5 Å². The van der Waals surface area contributed by atoms with Crippen LogP contribution in [0, 0.1) is 5.92 Å². The van der Waals surface area contributed by atoms with Gasteiger partial charge in [0.25, 0.3) is 5.91 Å². The van der Waals surface area contributed by atoms with Crippen LogP contribution in [0.15, 0.2) is 6.07 Å². The number of aryl methyl sites for hydroxylation is 2. The molecule has 2 aliphatic carbocycles. The maximum Gasteiger partial charge on any atom is 0.263 e. The van der Waals surface area contributed by atoms with E-state index >= 15 is 0 Å². The standard InChI is InChI=1S/C18H26N2OS/c21-18(17-11-14-3-1-2-4-16(14)22-17)20-9-7-15(8-10-20)19-12-13-5-6-13/h11,13,15,19H,1-10,12H2. The Balaban J connectivity index is 1.32. The molecule has 1 amide bonds. The van der Waals surface area contributed by atoms with Crippen molar-refractivity contribution >= 4 is 17.2 Å². The molecule has 2 fully saturated rings. The fraction of sp³-hybridized carbons (Fsp3) is 0.722. The van der Waals surface area contributed by atoms with Gasteiger partial charge in [-0.2, -0.15) is 0 Å². The molecule has 0 radical (unpaired) electrons. The number of hydrogen-bond donors (Lipinski definition) is 1. The molecule has 1 saturated carbocycles. The van der Waals surface area contributed by atoms with Crippen LogP contribution in [0.4, 0.5) is 0 Å². The monoisotopic (exact) mass is 318 g/mol. The molecule has 1 aromatic rings. The van der Waals surface area contributed by atoms with Crippen molar-refractivity contribution in [1.82, 2.24) is 10.2 Å². The topological polar surface area (TPSA) is 32.3 Å². The molecule has 22 heavy (non-hydrogen) atoms. The van der Waals surface area contributed by atoms with Gasteiger partial charge >= 0.3 is 0 Å². The van der Waals surface area contributed by atoms with E-state index in [1.165, 1.54) is 55.5 Å². The van der Waals surface area contributed by atoms with Crippen molar-refractivity contribution in [3.05, 3.63) is 21.4 Å². The number of nitrogens with one attached hydrogen (secondary N) is 1. The summed E-state index contributed by atoms with van der Waals surface area (Å²) in [6.45, 7) is 3.03. The number of carbonyl (C=O) groups is 1. The lowest BCUT2D eigenvalue weighted by Gasteiger charge is -2.32. The minimum Gasteiger partial charge on any atom is -0.338 e. The number of piperidine rings is 1. The van der Waals surface area contributed by atoms with Crippen molar-refractivity contribution in [2.45, 2.75) is 57.4 Å². The Hall–Kier alpha value is -0.870. The maximum atomic E-state index is 12.7. The lowest BCUT2D eigenvalue weighted by atomic mass is 9.99. The van der Waals surface area contributed by atoms with E-state index in [1.54, 1.807) is 11.3 Å². The number of thiophene rings is 1. The molecule has 3 aliphatic rings. The van der Waals surface area contributed by atoms with Crippen LogP contribution in [0.2, 0.25) is 0 Å². The first-order valence-electron chi connectivity index (χ1n) is 8.94. The molecule has 4 rings (SSSR count). The van der Waals surface area contributed by atoms with Gasteiger partial charge in [0.15, 0.2) is 0 Å². The van der Waals surface area contributed by atoms with Crippen molar-refractivity contribution in [2.24, 2.45) is 5.92 Å². The zero-order valence-corrected chi connectivity index (χ0v) is 14.1. The lowest BCUT2D eigenvalue weighted by molar-refractivity contribution is 0.0710. The predicted molar refractivity (Wildman–Crippen MR) is 90.6 cm³/mol. The molecular weight excluding hydrogens is 292 g/mol. The van der Waals surface area contributed by atoms with Crippen LogP contribution in [0.25, 0.3) is 0 Å². The first-order valence-corrected chi connectivity index (χ1v) is 9.75. The lowest BCUT2D eigenvalue weighted by Crippen LogP contribution is -2.45. The summed E-state index contributed by atoms with van der Waals surface area (Å²) < 4.78 is 0. The van der Waals surface area contributed by atoms with Crippen LogP contribution in [0.1, 0.15) is 58.6 Å². The summed E-state index contributed by atoms with van der Waals surface area (Å²) in [5, 5.41) is 3.69. The number of fused-ring (bicyclic) bond motifs is 1. The molecule has 1 aromatic heterocycles. The van der Waals surface area contributed by atoms with Crippen LogP contribution in [0.3, 0.4) is 0 Å². The maximum absolute atomic E-state index is 12.7. The molecule has 1 aliphatic heterocycles. The molecule has 0 bridgehead atoms. The highest BCUT2D eigenvalue weighted by Crippen LogP contribution is 2.31. The number of hydrogen-bond acceptors (Lipinski definition) is 3. The molecule has 120 valence electrons. The van der Waals surface area contributed by atoms with E-state index in [9.17, 15) is 4.79 Å². The Bertz CT molecular complexity index is 518. The van der Waals surface area contributed by atoms with Gasteiger partial charge in [0.1, 0.15) is 0 Å². The third-order valence-electron chi connectivity index (χ3n) is 5.38. The molecule has 1 saturated heterocycles. The SMILES string of the molecule is O=C(c1cc2c(s1)CCCC2)N1CCC(NCC2CC2)CC1. The van der Waals surface area contributed by atoms with Gasteiger partial charge in [-0.1, -0.05) is 0 Å². The van der Waals surface area contributed by atoms with Crippen LogP contribution < -0.4 is 5.32 Å². The molecule has 0 aromatic carbocycles. The molecule has 0 spiro atoms. The van der Waals surface area contributed by atoms with E-state index < -0.39 is 0 Å². The average molecular weight is 318 g/mol. The Morgan fingerprint density at radius 1 is 1.18 bits per heavy atom. The second-order valence-corrected chi connectivity index (χ2v) is 8.32. The molecule has 2 heterocycles. The number of carbonyl (C=O) groups excluding carboxylic acids is 1. The highest BCUT2D eigenvalue weighted by Gasteiger charge is 2.27. The van der Waals surface area contributed by atoms with Gasteiger partial charge < -0.3 is 10.2 Å². The van der Waals surface area contributed by atoms with Crippen LogP contribution >= 0.6 is 11.3 Å². The van der Waals surface area contributed by atoms with Gasteiger partial charge in [-0.05, 0) is 75.5 Å². The van der Waals surface area contributed by atoms with Crippen LogP contribution in [-0.2, 0) is 12.8 Å². The average Bonchev–Trinajstić information content (AvgIpc) is 3.29. The van der Waals surface area contributed by atoms with E-state index in [2.05, 4.69) is 16.3 Å².